The van der Waals surface area contributed by atoms with Crippen LogP contribution < -0.4 is 10.2 Å². The lowest BCUT2D eigenvalue weighted by molar-refractivity contribution is -0.267. The summed E-state index contributed by atoms with van der Waals surface area (Å²) in [6.07, 6.45) is -10.1. The molecule has 13 heteroatoms. The lowest BCUT2D eigenvalue weighted by Crippen LogP contribution is -2.51. The van der Waals surface area contributed by atoms with Gasteiger partial charge >= 0.3 is 12.4 Å². The number of amides is 1. The molecule has 4 rings (SSSR count). The van der Waals surface area contributed by atoms with E-state index < -0.39 is 47.3 Å². The van der Waals surface area contributed by atoms with Crippen LogP contribution in [0.25, 0.3) is 0 Å². The predicted molar refractivity (Wildman–Crippen MR) is 86.0 cm³/mol. The van der Waals surface area contributed by atoms with Crippen molar-refractivity contribution in [2.24, 2.45) is 0 Å². The monoisotopic (exact) mass is 421 g/mol. The molecule has 2 aromatic heterocycles. The standard InChI is InChI=1S/C16H13F6N5O2/c17-15(18,19)8-1-2-9(23-4-8)27-5-7(6-27)12-11-13(26-25-12)24-10(28)3-14(11,29)16(20,21)22/h1-2,4,7,29H,3,5-6H2,(H2,24,25,26,28). The van der Waals surface area contributed by atoms with Gasteiger partial charge < -0.3 is 15.3 Å². The second-order valence-electron chi connectivity index (χ2n) is 6.95. The van der Waals surface area contributed by atoms with Gasteiger partial charge in [0.2, 0.25) is 5.91 Å². The van der Waals surface area contributed by atoms with Crippen LogP contribution in [0.2, 0.25) is 0 Å². The zero-order chi connectivity index (χ0) is 21.2. The van der Waals surface area contributed by atoms with E-state index in [1.807, 2.05) is 0 Å². The molecule has 1 amide bonds. The van der Waals surface area contributed by atoms with Crippen molar-refractivity contribution in [2.75, 3.05) is 23.3 Å². The number of carbonyl (C=O) groups is 1. The van der Waals surface area contributed by atoms with Crippen molar-refractivity contribution in [3.05, 3.63) is 35.2 Å². The number of pyridine rings is 1. The van der Waals surface area contributed by atoms with Crippen LogP contribution >= 0.6 is 0 Å². The molecule has 7 nitrogen and oxygen atoms in total. The molecule has 1 saturated heterocycles. The summed E-state index contributed by atoms with van der Waals surface area (Å²) in [7, 11) is 0. The van der Waals surface area contributed by atoms with Crippen molar-refractivity contribution in [3.8, 4) is 0 Å². The third-order valence-electron chi connectivity index (χ3n) is 5.04. The smallest absolute Gasteiger partial charge is 0.376 e. The molecule has 1 unspecified atom stereocenters. The van der Waals surface area contributed by atoms with Gasteiger partial charge in [-0.25, -0.2) is 4.98 Å². The van der Waals surface area contributed by atoms with Crippen molar-refractivity contribution in [1.29, 1.82) is 0 Å². The number of aromatic amines is 1. The average molecular weight is 421 g/mol. The fraction of sp³-hybridized carbons (Fsp3) is 0.438. The summed E-state index contributed by atoms with van der Waals surface area (Å²) in [5.74, 6) is -1.68. The summed E-state index contributed by atoms with van der Waals surface area (Å²) in [5, 5.41) is 18.6. The van der Waals surface area contributed by atoms with Gasteiger partial charge in [-0.05, 0) is 12.1 Å². The van der Waals surface area contributed by atoms with E-state index >= 15 is 0 Å². The van der Waals surface area contributed by atoms with E-state index in [0.29, 0.717) is 6.20 Å². The molecule has 1 fully saturated rings. The largest absolute Gasteiger partial charge is 0.422 e. The maximum atomic E-state index is 13.5. The van der Waals surface area contributed by atoms with Gasteiger partial charge in [-0.2, -0.15) is 31.4 Å². The summed E-state index contributed by atoms with van der Waals surface area (Å²) in [6.45, 7) is 0.295. The maximum Gasteiger partial charge on any atom is 0.422 e. The molecule has 0 aliphatic carbocycles. The van der Waals surface area contributed by atoms with Gasteiger partial charge in [0, 0.05) is 25.2 Å². The number of fused-ring (bicyclic) bond motifs is 1. The first-order chi connectivity index (χ1) is 13.4. The first-order valence-electron chi connectivity index (χ1n) is 8.36. The molecule has 0 spiro atoms. The van der Waals surface area contributed by atoms with Crippen LogP contribution in [-0.2, 0) is 16.6 Å². The summed E-state index contributed by atoms with van der Waals surface area (Å²) >= 11 is 0. The first kappa shape index (κ1) is 19.5. The van der Waals surface area contributed by atoms with E-state index in [2.05, 4.69) is 20.5 Å². The van der Waals surface area contributed by atoms with Crippen LogP contribution in [0.5, 0.6) is 0 Å². The number of nitrogens with one attached hydrogen (secondary N) is 2. The number of halogens is 6. The Balaban J connectivity index is 1.57. The van der Waals surface area contributed by atoms with Gasteiger partial charge in [-0.1, -0.05) is 0 Å². The topological polar surface area (TPSA) is 94.1 Å². The number of rotatable bonds is 2. The summed E-state index contributed by atoms with van der Waals surface area (Å²) in [5.41, 5.74) is -4.80. The Morgan fingerprint density at radius 2 is 1.86 bits per heavy atom. The Morgan fingerprint density at radius 1 is 1.17 bits per heavy atom. The van der Waals surface area contributed by atoms with Crippen molar-refractivity contribution in [1.82, 2.24) is 15.2 Å². The second kappa shape index (κ2) is 6.08. The molecular weight excluding hydrogens is 408 g/mol. The molecule has 0 radical (unpaired) electrons. The Morgan fingerprint density at radius 3 is 2.41 bits per heavy atom. The molecule has 29 heavy (non-hydrogen) atoms. The molecule has 2 aliphatic rings. The lowest BCUT2D eigenvalue weighted by atomic mass is 9.81. The molecule has 0 bridgehead atoms. The Kier molecular flexibility index (Phi) is 4.09. The maximum absolute atomic E-state index is 13.5. The third-order valence-corrected chi connectivity index (χ3v) is 5.04. The molecule has 0 saturated carbocycles. The lowest BCUT2D eigenvalue weighted by Gasteiger charge is -2.42. The van der Waals surface area contributed by atoms with Crippen LogP contribution in [0.1, 0.15) is 29.2 Å². The normalized spacial score (nSPS) is 22.9. The van der Waals surface area contributed by atoms with Crippen molar-refractivity contribution >= 4 is 17.5 Å². The number of hydrogen-bond donors (Lipinski definition) is 3. The molecule has 2 aromatic rings. The average Bonchev–Trinajstić information content (AvgIpc) is 2.96. The van der Waals surface area contributed by atoms with Gasteiger partial charge in [0.15, 0.2) is 11.4 Å². The third kappa shape index (κ3) is 3.09. The molecule has 1 atom stereocenters. The van der Waals surface area contributed by atoms with Crippen LogP contribution in [0.3, 0.4) is 0 Å². The van der Waals surface area contributed by atoms with E-state index in [-0.39, 0.29) is 30.4 Å². The highest BCUT2D eigenvalue weighted by molar-refractivity contribution is 5.94. The van der Waals surface area contributed by atoms with E-state index in [9.17, 15) is 36.2 Å². The second-order valence-corrected chi connectivity index (χ2v) is 6.95. The fourth-order valence-electron chi connectivity index (χ4n) is 3.49. The SMILES string of the molecule is O=C1CC(O)(C(F)(F)F)c2c(n[nH]c2C2CN(c3ccc(C(F)(F)F)cn3)C2)N1. The summed E-state index contributed by atoms with van der Waals surface area (Å²) < 4.78 is 78.4. The number of aliphatic hydroxyl groups is 1. The Hall–Kier alpha value is -2.83. The summed E-state index contributed by atoms with van der Waals surface area (Å²) in [6, 6.07) is 2.04. The van der Waals surface area contributed by atoms with E-state index in [1.54, 1.807) is 4.90 Å². The van der Waals surface area contributed by atoms with Crippen molar-refractivity contribution in [3.63, 3.8) is 0 Å². The number of aromatic nitrogens is 3. The summed E-state index contributed by atoms with van der Waals surface area (Å²) in [4.78, 5) is 16.9. The molecule has 3 N–H and O–H groups in total. The van der Waals surface area contributed by atoms with Gasteiger partial charge in [-0.15, -0.1) is 0 Å². The zero-order valence-electron chi connectivity index (χ0n) is 14.4. The Bertz CT molecular complexity index is 948. The molecule has 156 valence electrons. The molecule has 2 aliphatic heterocycles. The first-order valence-corrected chi connectivity index (χ1v) is 8.36. The molecular formula is C16H13F6N5O2. The number of nitrogens with zero attached hydrogens (tertiary/aromatic N) is 3. The van der Waals surface area contributed by atoms with Crippen molar-refractivity contribution in [2.45, 2.75) is 30.3 Å². The fourth-order valence-corrected chi connectivity index (χ4v) is 3.49. The minimum Gasteiger partial charge on any atom is -0.376 e. The van der Waals surface area contributed by atoms with E-state index in [4.69, 9.17) is 0 Å². The zero-order valence-corrected chi connectivity index (χ0v) is 14.4. The minimum absolute atomic E-state index is 0.0167. The quantitative estimate of drug-likeness (QED) is 0.648. The number of alkyl halides is 6. The van der Waals surface area contributed by atoms with E-state index in [1.165, 1.54) is 6.07 Å². The highest BCUT2D eigenvalue weighted by Gasteiger charge is 2.61. The Labute approximate surface area is 158 Å². The number of anilines is 2. The van der Waals surface area contributed by atoms with Crippen LogP contribution in [-0.4, -0.2) is 45.5 Å². The van der Waals surface area contributed by atoms with Gasteiger partial charge in [-0.3, -0.25) is 9.89 Å². The van der Waals surface area contributed by atoms with Gasteiger partial charge in [0.1, 0.15) is 5.82 Å². The van der Waals surface area contributed by atoms with Crippen LogP contribution in [0.15, 0.2) is 18.3 Å². The highest BCUT2D eigenvalue weighted by atomic mass is 19.4. The van der Waals surface area contributed by atoms with Crippen LogP contribution in [0, 0.1) is 0 Å². The minimum atomic E-state index is -5.10. The van der Waals surface area contributed by atoms with Crippen molar-refractivity contribution < 1.29 is 36.2 Å². The highest BCUT2D eigenvalue weighted by Crippen LogP contribution is 2.49. The van der Waals surface area contributed by atoms with Crippen LogP contribution in [0.4, 0.5) is 38.0 Å². The number of H-pyrrole nitrogens is 1. The van der Waals surface area contributed by atoms with Gasteiger partial charge in [0.25, 0.3) is 0 Å². The molecule has 4 heterocycles. The number of hydrogen-bond acceptors (Lipinski definition) is 5. The van der Waals surface area contributed by atoms with Gasteiger partial charge in [0.05, 0.1) is 23.2 Å². The molecule has 0 aromatic carbocycles. The number of carbonyl (C=O) groups excluding carboxylic acids is 1. The predicted octanol–water partition coefficient (Wildman–Crippen LogP) is 2.52. The van der Waals surface area contributed by atoms with E-state index in [0.717, 1.165) is 6.07 Å².